The lowest BCUT2D eigenvalue weighted by molar-refractivity contribution is -0.150. The zero-order valence-electron chi connectivity index (χ0n) is 31.2. The van der Waals surface area contributed by atoms with E-state index in [1.54, 1.807) is 13.8 Å². The predicted octanol–water partition coefficient (Wildman–Crippen LogP) is 8.77. The molecule has 2 aliphatic rings. The third-order valence-corrected chi connectivity index (χ3v) is 8.69. The molecule has 0 bridgehead atoms. The summed E-state index contributed by atoms with van der Waals surface area (Å²) in [7, 11) is 0. The van der Waals surface area contributed by atoms with Gasteiger partial charge in [-0.25, -0.2) is 0 Å². The normalized spacial score (nSPS) is 14.4. The van der Waals surface area contributed by atoms with E-state index in [4.69, 9.17) is 9.84 Å². The molecule has 5 nitrogen and oxygen atoms in total. The lowest BCUT2D eigenvalue weighted by Crippen LogP contribution is -3.00. The highest BCUT2D eigenvalue weighted by molar-refractivity contribution is 5.79. The Bertz CT molecular complexity index is 1000. The molecule has 0 saturated heterocycles. The zero-order chi connectivity index (χ0) is 34.8. The van der Waals surface area contributed by atoms with Gasteiger partial charge in [0.2, 0.25) is 0 Å². The SMILES string of the molecule is C.CC1(C(=O)O)CC1.CC1(C(=O)OCc2ccccc2)CC1.CCC(C)c1ccccc1.CCCCN(CCCC)CCCC.[Br-].[CH2+]C. The fourth-order valence-electron chi connectivity index (χ4n) is 4.19. The van der Waals surface area contributed by atoms with E-state index in [-0.39, 0.29) is 41.2 Å². The van der Waals surface area contributed by atoms with Gasteiger partial charge < -0.3 is 31.7 Å². The topological polar surface area (TPSA) is 66.8 Å². The largest absolute Gasteiger partial charge is 1.00 e. The molecule has 4 rings (SSSR count). The summed E-state index contributed by atoms with van der Waals surface area (Å²) in [5.74, 6) is 0.00931. The number of halogens is 1. The molecule has 1 unspecified atom stereocenters. The summed E-state index contributed by atoms with van der Waals surface area (Å²) in [6.07, 6.45) is 13.0. The highest BCUT2D eigenvalue weighted by Gasteiger charge is 2.46. The van der Waals surface area contributed by atoms with Crippen molar-refractivity contribution >= 4 is 11.9 Å². The molecule has 2 fully saturated rings. The highest BCUT2D eigenvalue weighted by Crippen LogP contribution is 2.46. The summed E-state index contributed by atoms with van der Waals surface area (Å²) >= 11 is 0. The minimum Gasteiger partial charge on any atom is -1.00 e. The van der Waals surface area contributed by atoms with Gasteiger partial charge in [0.25, 0.3) is 0 Å². The molecule has 0 aromatic heterocycles. The lowest BCUT2D eigenvalue weighted by atomic mass is 9.99. The van der Waals surface area contributed by atoms with Gasteiger partial charge in [-0.1, -0.05) is 122 Å². The molecule has 48 heavy (non-hydrogen) atoms. The van der Waals surface area contributed by atoms with Crippen molar-refractivity contribution in [3.63, 3.8) is 0 Å². The molecule has 0 aliphatic heterocycles. The summed E-state index contributed by atoms with van der Waals surface area (Å²) in [5, 5.41) is 8.31. The van der Waals surface area contributed by atoms with Crippen molar-refractivity contribution in [1.82, 2.24) is 4.90 Å². The number of ether oxygens (including phenoxy) is 1. The van der Waals surface area contributed by atoms with Crippen LogP contribution in [0.15, 0.2) is 60.7 Å². The Balaban J connectivity index is -0.000000558. The second-order valence-corrected chi connectivity index (χ2v) is 13.1. The smallest absolute Gasteiger partial charge is 0.312 e. The maximum atomic E-state index is 11.5. The van der Waals surface area contributed by atoms with Crippen LogP contribution in [0.4, 0.5) is 0 Å². The number of aliphatic carboxylic acids is 1. The van der Waals surface area contributed by atoms with E-state index in [1.807, 2.05) is 37.3 Å². The zero-order valence-corrected chi connectivity index (χ0v) is 32.7. The number of carbonyl (C=O) groups is 2. The highest BCUT2D eigenvalue weighted by atomic mass is 79.9. The van der Waals surface area contributed by atoms with Crippen molar-refractivity contribution in [1.29, 1.82) is 0 Å². The van der Waals surface area contributed by atoms with Gasteiger partial charge in [0.15, 0.2) is 0 Å². The Morgan fingerprint density at radius 3 is 1.48 bits per heavy atom. The summed E-state index contributed by atoms with van der Waals surface area (Å²) in [5.41, 5.74) is 1.99. The molecule has 1 N–H and O–H groups in total. The van der Waals surface area contributed by atoms with Crippen LogP contribution in [0, 0.1) is 17.8 Å². The minimum absolute atomic E-state index is 0. The molecule has 2 aromatic carbocycles. The monoisotopic (exact) mass is 733 g/mol. The maximum Gasteiger partial charge on any atom is 0.312 e. The molecule has 0 heterocycles. The number of carboxylic acids is 1. The molecular weight excluding hydrogens is 662 g/mol. The first-order valence-electron chi connectivity index (χ1n) is 18.0. The van der Waals surface area contributed by atoms with Gasteiger partial charge in [-0.05, 0) is 102 Å². The Morgan fingerprint density at radius 1 is 0.771 bits per heavy atom. The number of benzene rings is 2. The van der Waals surface area contributed by atoms with E-state index in [0.717, 1.165) is 31.2 Å². The van der Waals surface area contributed by atoms with Gasteiger partial charge in [0.05, 0.1) is 24.7 Å². The molecule has 1 atom stereocenters. The number of esters is 1. The second-order valence-electron chi connectivity index (χ2n) is 13.1. The molecule has 0 spiro atoms. The molecule has 6 heteroatoms. The minimum atomic E-state index is -0.646. The fraction of sp³-hybridized carbons (Fsp3) is 0.643. The van der Waals surface area contributed by atoms with Crippen LogP contribution in [-0.2, 0) is 20.9 Å². The van der Waals surface area contributed by atoms with Gasteiger partial charge in [0.1, 0.15) is 6.61 Å². The maximum absolute atomic E-state index is 11.5. The first-order valence-corrected chi connectivity index (χ1v) is 18.0. The number of rotatable bonds is 15. The molecule has 2 aromatic rings. The van der Waals surface area contributed by atoms with Gasteiger partial charge in [0, 0.05) is 0 Å². The fourth-order valence-corrected chi connectivity index (χ4v) is 4.19. The van der Waals surface area contributed by atoms with E-state index in [0.29, 0.717) is 12.5 Å². The average molecular weight is 735 g/mol. The summed E-state index contributed by atoms with van der Waals surface area (Å²) in [4.78, 5) is 24.2. The summed E-state index contributed by atoms with van der Waals surface area (Å²) in [6, 6.07) is 20.4. The number of carboxylic acid groups (broad SMARTS) is 1. The van der Waals surface area contributed by atoms with Gasteiger partial charge in [-0.3, -0.25) is 9.59 Å². The number of carbonyl (C=O) groups excluding carboxylic acids is 1. The Labute approximate surface area is 307 Å². The third kappa shape index (κ3) is 23.1. The second kappa shape index (κ2) is 29.6. The van der Waals surface area contributed by atoms with E-state index in [2.05, 4.69) is 76.8 Å². The molecule has 2 saturated carbocycles. The van der Waals surface area contributed by atoms with E-state index in [9.17, 15) is 9.59 Å². The molecular formula is C42H72BrNO4. The van der Waals surface area contributed by atoms with Crippen LogP contribution >= 0.6 is 0 Å². The third-order valence-electron chi connectivity index (χ3n) is 8.69. The van der Waals surface area contributed by atoms with Crippen molar-refractivity contribution in [3.05, 3.63) is 78.7 Å². The molecule has 276 valence electrons. The van der Waals surface area contributed by atoms with Gasteiger partial charge in [-0.15, -0.1) is 0 Å². The first-order chi connectivity index (χ1) is 22.0. The quantitative estimate of drug-likeness (QED) is 0.147. The van der Waals surface area contributed by atoms with Crippen LogP contribution in [0.25, 0.3) is 0 Å². The van der Waals surface area contributed by atoms with Crippen molar-refractivity contribution in [2.24, 2.45) is 10.8 Å². The Kier molecular flexibility index (Phi) is 30.9. The van der Waals surface area contributed by atoms with Crippen LogP contribution in [0.1, 0.15) is 150 Å². The molecule has 0 amide bonds. The van der Waals surface area contributed by atoms with Crippen LogP contribution in [-0.4, -0.2) is 41.6 Å². The van der Waals surface area contributed by atoms with Gasteiger partial charge in [-0.2, -0.15) is 0 Å². The Hall–Kier alpha value is -2.31. The van der Waals surface area contributed by atoms with E-state index in [1.165, 1.54) is 70.1 Å². The number of hydrogen-bond acceptors (Lipinski definition) is 4. The van der Waals surface area contributed by atoms with Crippen LogP contribution in [0.3, 0.4) is 0 Å². The predicted molar refractivity (Wildman–Crippen MR) is 203 cm³/mol. The van der Waals surface area contributed by atoms with Crippen molar-refractivity contribution in [3.8, 4) is 0 Å². The number of hydrogen-bond donors (Lipinski definition) is 1. The molecule has 0 radical (unpaired) electrons. The Morgan fingerprint density at radius 2 is 1.17 bits per heavy atom. The van der Waals surface area contributed by atoms with E-state index < -0.39 is 5.97 Å². The van der Waals surface area contributed by atoms with Crippen LogP contribution in [0.5, 0.6) is 0 Å². The van der Waals surface area contributed by atoms with Gasteiger partial charge >= 0.3 is 11.9 Å². The van der Waals surface area contributed by atoms with Crippen LogP contribution in [0.2, 0.25) is 0 Å². The number of unbranched alkanes of at least 4 members (excludes halogenated alkanes) is 3. The first kappa shape index (κ1) is 50.1. The summed E-state index contributed by atoms with van der Waals surface area (Å²) in [6.45, 7) is 24.4. The standard InChI is InChI=1S/C12H27N.C12H14O2.C10H14.C5H8O2.C2H5.CH4.BrH/c1-4-7-10-13(11-8-5-2)12-9-6-3;1-12(7-8-12)11(13)14-9-10-5-3-2-4-6-10;1-3-9(2)10-7-5-4-6-8-10;1-5(2-3-5)4(6)7;1-2;;/h4-12H2,1-3H3;2-6H,7-9H2,1H3;4-9H,3H2,1-2H3;2-3H2,1H3,(H,6,7);1H2,2H3;1H4;1H/q;;;;+1;;/p-1. The average Bonchev–Trinajstić information content (AvgIpc) is 4.03. The van der Waals surface area contributed by atoms with Crippen molar-refractivity contribution in [2.45, 2.75) is 146 Å². The van der Waals surface area contributed by atoms with E-state index >= 15 is 0 Å². The van der Waals surface area contributed by atoms with Crippen LogP contribution < -0.4 is 17.0 Å². The van der Waals surface area contributed by atoms with Crippen molar-refractivity contribution < 1.29 is 36.4 Å². The van der Waals surface area contributed by atoms with Crippen molar-refractivity contribution in [2.75, 3.05) is 19.6 Å². The lowest BCUT2D eigenvalue weighted by Gasteiger charge is -2.21. The molecule has 2 aliphatic carbocycles. The summed E-state index contributed by atoms with van der Waals surface area (Å²) < 4.78 is 5.22. The number of nitrogens with zero attached hydrogens (tertiary/aromatic N) is 1.